The highest BCUT2D eigenvalue weighted by atomic mass is 16.7. The van der Waals surface area contributed by atoms with Gasteiger partial charge in [0.15, 0.2) is 5.79 Å². The number of rotatable bonds is 6. The fourth-order valence-corrected chi connectivity index (χ4v) is 2.28. The maximum atomic E-state index is 11.8. The zero-order chi connectivity index (χ0) is 13.6. The molecule has 0 saturated carbocycles. The predicted molar refractivity (Wildman–Crippen MR) is 71.3 cm³/mol. The summed E-state index contributed by atoms with van der Waals surface area (Å²) >= 11 is 0. The molecular formula is C14H27NO3. The van der Waals surface area contributed by atoms with Crippen molar-refractivity contribution in [2.75, 3.05) is 6.54 Å². The van der Waals surface area contributed by atoms with E-state index in [1.807, 2.05) is 13.8 Å². The standard InChI is InChI=1S/C14H27NO3/c1-5-7-8-15-13(16)10-12-9-11(6-2)17-14(3,4)18-12/h11-12H,5-10H2,1-4H3,(H,15,16)/t11-,12-/m1/s1. The molecule has 0 aromatic rings. The van der Waals surface area contributed by atoms with Gasteiger partial charge in [0, 0.05) is 13.0 Å². The predicted octanol–water partition coefficient (Wildman–Crippen LogP) is 2.61. The number of hydrogen-bond donors (Lipinski definition) is 1. The highest BCUT2D eigenvalue weighted by Crippen LogP contribution is 2.29. The lowest BCUT2D eigenvalue weighted by molar-refractivity contribution is -0.299. The van der Waals surface area contributed by atoms with E-state index in [-0.39, 0.29) is 18.1 Å². The molecule has 106 valence electrons. The summed E-state index contributed by atoms with van der Waals surface area (Å²) in [6.07, 6.45) is 4.50. The van der Waals surface area contributed by atoms with Crippen molar-refractivity contribution >= 4 is 5.91 Å². The molecule has 4 heteroatoms. The van der Waals surface area contributed by atoms with E-state index in [9.17, 15) is 4.79 Å². The molecular weight excluding hydrogens is 230 g/mol. The van der Waals surface area contributed by atoms with Crippen LogP contribution in [0.4, 0.5) is 0 Å². The second-order valence-corrected chi connectivity index (χ2v) is 5.43. The van der Waals surface area contributed by atoms with Gasteiger partial charge in [-0.1, -0.05) is 20.3 Å². The van der Waals surface area contributed by atoms with Crippen LogP contribution >= 0.6 is 0 Å². The minimum Gasteiger partial charge on any atom is -0.356 e. The minimum absolute atomic E-state index is 0.0275. The van der Waals surface area contributed by atoms with Crippen molar-refractivity contribution < 1.29 is 14.3 Å². The van der Waals surface area contributed by atoms with Gasteiger partial charge in [0.1, 0.15) is 0 Å². The van der Waals surface area contributed by atoms with Gasteiger partial charge in [0.25, 0.3) is 0 Å². The number of hydrogen-bond acceptors (Lipinski definition) is 3. The molecule has 1 N–H and O–H groups in total. The van der Waals surface area contributed by atoms with E-state index in [1.165, 1.54) is 0 Å². The highest BCUT2D eigenvalue weighted by Gasteiger charge is 2.35. The molecule has 1 aliphatic rings. The summed E-state index contributed by atoms with van der Waals surface area (Å²) in [5.41, 5.74) is 0. The van der Waals surface area contributed by atoms with E-state index in [2.05, 4.69) is 19.2 Å². The number of carbonyl (C=O) groups excluding carboxylic acids is 1. The average molecular weight is 257 g/mol. The molecule has 1 heterocycles. The van der Waals surface area contributed by atoms with Gasteiger partial charge in [-0.25, -0.2) is 0 Å². The van der Waals surface area contributed by atoms with E-state index >= 15 is 0 Å². The SMILES string of the molecule is CCCCNC(=O)C[C@H]1C[C@@H](CC)OC(C)(C)O1. The lowest BCUT2D eigenvalue weighted by atomic mass is 10.0. The van der Waals surface area contributed by atoms with Gasteiger partial charge in [-0.15, -0.1) is 0 Å². The molecule has 1 aliphatic heterocycles. The molecule has 0 radical (unpaired) electrons. The number of amides is 1. The third-order valence-corrected chi connectivity index (χ3v) is 3.15. The van der Waals surface area contributed by atoms with Gasteiger partial charge >= 0.3 is 0 Å². The van der Waals surface area contributed by atoms with E-state index < -0.39 is 5.79 Å². The minimum atomic E-state index is -0.576. The van der Waals surface area contributed by atoms with E-state index in [0.29, 0.717) is 6.42 Å². The molecule has 18 heavy (non-hydrogen) atoms. The molecule has 2 atom stereocenters. The molecule has 1 saturated heterocycles. The van der Waals surface area contributed by atoms with E-state index in [0.717, 1.165) is 32.2 Å². The Bertz CT molecular complexity index is 266. The third-order valence-electron chi connectivity index (χ3n) is 3.15. The molecule has 0 aliphatic carbocycles. The molecule has 0 aromatic heterocycles. The summed E-state index contributed by atoms with van der Waals surface area (Å²) in [4.78, 5) is 11.8. The fourth-order valence-electron chi connectivity index (χ4n) is 2.28. The largest absolute Gasteiger partial charge is 0.356 e. The van der Waals surface area contributed by atoms with Crippen molar-refractivity contribution in [1.29, 1.82) is 0 Å². The van der Waals surface area contributed by atoms with Crippen molar-refractivity contribution in [2.24, 2.45) is 0 Å². The van der Waals surface area contributed by atoms with Crippen LogP contribution < -0.4 is 5.32 Å². The molecule has 0 spiro atoms. The van der Waals surface area contributed by atoms with Crippen LogP contribution in [0.2, 0.25) is 0 Å². The summed E-state index contributed by atoms with van der Waals surface area (Å²) in [5.74, 6) is -0.492. The molecule has 0 unspecified atom stereocenters. The first kappa shape index (κ1) is 15.4. The van der Waals surface area contributed by atoms with Crippen LogP contribution in [-0.4, -0.2) is 30.4 Å². The lowest BCUT2D eigenvalue weighted by Gasteiger charge is -2.40. The van der Waals surface area contributed by atoms with Crippen LogP contribution in [0.3, 0.4) is 0 Å². The number of carbonyl (C=O) groups is 1. The van der Waals surface area contributed by atoms with Crippen LogP contribution in [0.25, 0.3) is 0 Å². The monoisotopic (exact) mass is 257 g/mol. The van der Waals surface area contributed by atoms with Gasteiger partial charge in [-0.3, -0.25) is 4.79 Å². The molecule has 4 nitrogen and oxygen atoms in total. The normalized spacial score (nSPS) is 26.9. The Morgan fingerprint density at radius 2 is 1.94 bits per heavy atom. The van der Waals surface area contributed by atoms with Crippen LogP contribution in [0.1, 0.15) is 59.8 Å². The molecule has 0 bridgehead atoms. The Morgan fingerprint density at radius 3 is 2.56 bits per heavy atom. The van der Waals surface area contributed by atoms with E-state index in [1.54, 1.807) is 0 Å². The van der Waals surface area contributed by atoms with Crippen LogP contribution in [-0.2, 0) is 14.3 Å². The maximum absolute atomic E-state index is 11.8. The lowest BCUT2D eigenvalue weighted by Crippen LogP contribution is -2.46. The van der Waals surface area contributed by atoms with Gasteiger partial charge in [-0.2, -0.15) is 0 Å². The van der Waals surface area contributed by atoms with Crippen LogP contribution in [0, 0.1) is 0 Å². The first-order valence-electron chi connectivity index (χ1n) is 7.09. The molecule has 1 fully saturated rings. The quantitative estimate of drug-likeness (QED) is 0.744. The van der Waals surface area contributed by atoms with Crippen molar-refractivity contribution in [1.82, 2.24) is 5.32 Å². The molecule has 1 amide bonds. The average Bonchev–Trinajstić information content (AvgIpc) is 2.27. The Balaban J connectivity index is 2.38. The Labute approximate surface area is 110 Å². The number of ether oxygens (including phenoxy) is 2. The Hall–Kier alpha value is -0.610. The Morgan fingerprint density at radius 1 is 1.28 bits per heavy atom. The van der Waals surface area contributed by atoms with Gasteiger partial charge in [-0.05, 0) is 26.7 Å². The summed E-state index contributed by atoms with van der Waals surface area (Å²) < 4.78 is 11.6. The maximum Gasteiger partial charge on any atom is 0.222 e. The van der Waals surface area contributed by atoms with Crippen molar-refractivity contribution in [2.45, 2.75) is 77.8 Å². The van der Waals surface area contributed by atoms with Gasteiger partial charge < -0.3 is 14.8 Å². The first-order valence-corrected chi connectivity index (χ1v) is 7.09. The van der Waals surface area contributed by atoms with Gasteiger partial charge in [0.2, 0.25) is 5.91 Å². The zero-order valence-corrected chi connectivity index (χ0v) is 12.1. The van der Waals surface area contributed by atoms with Crippen molar-refractivity contribution in [3.05, 3.63) is 0 Å². The van der Waals surface area contributed by atoms with Crippen molar-refractivity contribution in [3.8, 4) is 0 Å². The topological polar surface area (TPSA) is 47.6 Å². The number of nitrogens with one attached hydrogen (secondary N) is 1. The zero-order valence-electron chi connectivity index (χ0n) is 12.1. The highest BCUT2D eigenvalue weighted by molar-refractivity contribution is 5.76. The summed E-state index contributed by atoms with van der Waals surface area (Å²) in [5, 5.41) is 2.93. The van der Waals surface area contributed by atoms with Gasteiger partial charge in [0.05, 0.1) is 18.6 Å². The second kappa shape index (κ2) is 7.10. The summed E-state index contributed by atoms with van der Waals surface area (Å²) in [6.45, 7) is 8.80. The third kappa shape index (κ3) is 5.36. The summed E-state index contributed by atoms with van der Waals surface area (Å²) in [6, 6.07) is 0. The summed E-state index contributed by atoms with van der Waals surface area (Å²) in [7, 11) is 0. The number of unbranched alkanes of at least 4 members (excludes halogenated alkanes) is 1. The first-order chi connectivity index (χ1) is 8.46. The van der Waals surface area contributed by atoms with Crippen molar-refractivity contribution in [3.63, 3.8) is 0 Å². The van der Waals surface area contributed by atoms with Crippen LogP contribution in [0.15, 0.2) is 0 Å². The second-order valence-electron chi connectivity index (χ2n) is 5.43. The molecule has 0 aromatic carbocycles. The molecule has 1 rings (SSSR count). The smallest absolute Gasteiger partial charge is 0.222 e. The van der Waals surface area contributed by atoms with E-state index in [4.69, 9.17) is 9.47 Å². The van der Waals surface area contributed by atoms with Crippen LogP contribution in [0.5, 0.6) is 0 Å². The Kier molecular flexibility index (Phi) is 6.09. The fraction of sp³-hybridized carbons (Fsp3) is 0.929.